The first-order valence-electron chi connectivity index (χ1n) is 12.9. The summed E-state index contributed by atoms with van der Waals surface area (Å²) in [5.74, 6) is -0.0979. The molecule has 0 aromatic heterocycles. The number of benzene rings is 2. The van der Waals surface area contributed by atoms with Crippen LogP contribution in [0.15, 0.2) is 36.4 Å². The molecule has 238 valence electrons. The molecule has 0 bridgehead atoms. The Morgan fingerprint density at radius 3 is 1.86 bits per heavy atom. The van der Waals surface area contributed by atoms with E-state index in [-0.39, 0.29) is 36.1 Å². The predicted molar refractivity (Wildman–Crippen MR) is 136 cm³/mol. The molecule has 2 unspecified atom stereocenters. The van der Waals surface area contributed by atoms with Crippen molar-refractivity contribution < 1.29 is 57.5 Å². The second-order valence-electron chi connectivity index (χ2n) is 11.2. The Kier molecular flexibility index (Phi) is 8.31. The summed E-state index contributed by atoms with van der Waals surface area (Å²) >= 11 is 0. The lowest BCUT2D eigenvalue weighted by molar-refractivity contribution is -0.143. The molecule has 0 spiro atoms. The van der Waals surface area contributed by atoms with Gasteiger partial charge in [0.1, 0.15) is 0 Å². The van der Waals surface area contributed by atoms with Gasteiger partial charge in [-0.05, 0) is 86.6 Å². The summed E-state index contributed by atoms with van der Waals surface area (Å²) in [6.07, 6.45) is -13.5. The van der Waals surface area contributed by atoms with Crippen LogP contribution >= 0.6 is 0 Å². The highest BCUT2D eigenvalue weighted by molar-refractivity contribution is 7.88. The molecule has 16 heteroatoms. The molecule has 2 aromatic carbocycles. The number of nitrogens with zero attached hydrogens (tertiary/aromatic N) is 2. The second-order valence-corrected chi connectivity index (χ2v) is 13.1. The quantitative estimate of drug-likeness (QED) is 0.225. The van der Waals surface area contributed by atoms with Gasteiger partial charge in [-0.2, -0.15) is 43.8 Å². The average molecular weight is 647 g/mol. The monoisotopic (exact) mass is 646 g/mol. The number of alkyl halides is 9. The summed E-state index contributed by atoms with van der Waals surface area (Å²) < 4.78 is 155. The molecule has 43 heavy (non-hydrogen) atoms. The molecule has 4 rings (SSSR count). The molecule has 2 atom stereocenters. The number of hydrogen-bond donors (Lipinski definition) is 0. The van der Waals surface area contributed by atoms with E-state index in [1.165, 1.54) is 13.8 Å². The Morgan fingerprint density at radius 1 is 0.884 bits per heavy atom. The van der Waals surface area contributed by atoms with Gasteiger partial charge < -0.3 is 9.64 Å². The van der Waals surface area contributed by atoms with Crippen LogP contribution in [0.2, 0.25) is 0 Å². The molecule has 1 aliphatic heterocycles. The van der Waals surface area contributed by atoms with Gasteiger partial charge in [-0.3, -0.25) is 4.79 Å². The topological polar surface area (TPSA) is 66.9 Å². The second kappa shape index (κ2) is 10.9. The highest BCUT2D eigenvalue weighted by Crippen LogP contribution is 2.52. The molecule has 1 heterocycles. The van der Waals surface area contributed by atoms with Crippen molar-refractivity contribution in [1.82, 2.24) is 4.31 Å². The van der Waals surface area contributed by atoms with Gasteiger partial charge >= 0.3 is 18.5 Å². The van der Waals surface area contributed by atoms with Crippen molar-refractivity contribution in [3.05, 3.63) is 64.2 Å². The number of fused-ring (bicyclic) bond motifs is 1. The van der Waals surface area contributed by atoms with Gasteiger partial charge in [0.25, 0.3) is 6.47 Å². The Bertz CT molecular complexity index is 1450. The van der Waals surface area contributed by atoms with Crippen molar-refractivity contribution in [3.8, 4) is 0 Å². The maximum absolute atomic E-state index is 13.8. The van der Waals surface area contributed by atoms with E-state index in [0.717, 1.165) is 12.1 Å². The lowest BCUT2D eigenvalue weighted by Crippen LogP contribution is -2.57. The van der Waals surface area contributed by atoms with Crippen molar-refractivity contribution in [2.75, 3.05) is 11.2 Å². The van der Waals surface area contributed by atoms with Crippen molar-refractivity contribution >= 4 is 22.2 Å². The van der Waals surface area contributed by atoms with Crippen molar-refractivity contribution in [1.29, 1.82) is 0 Å². The predicted octanol–water partition coefficient (Wildman–Crippen LogP) is 7.14. The van der Waals surface area contributed by atoms with Crippen LogP contribution < -0.4 is 4.90 Å². The zero-order valence-corrected chi connectivity index (χ0v) is 23.8. The number of hydrogen-bond acceptors (Lipinski definition) is 5. The normalized spacial score (nSPS) is 20.3. The SMILES string of the molecule is CC(C)(OC=O)N1c2ccc(C(F)(F)F)cc2C(N(Cc2cc(C(F)(F)F)cc(C(F)(F)F)c2)S(C)(=O)=O)CC1C1CC1. The average Bonchev–Trinajstić information content (AvgIpc) is 3.69. The fourth-order valence-corrected chi connectivity index (χ4v) is 6.67. The largest absolute Gasteiger partial charge is 0.442 e. The lowest BCUT2D eigenvalue weighted by Gasteiger charge is -2.51. The van der Waals surface area contributed by atoms with Crippen molar-refractivity contribution in [3.63, 3.8) is 0 Å². The van der Waals surface area contributed by atoms with Gasteiger partial charge in [-0.25, -0.2) is 8.42 Å². The highest BCUT2D eigenvalue weighted by Gasteiger charge is 2.50. The molecule has 1 saturated carbocycles. The summed E-state index contributed by atoms with van der Waals surface area (Å²) in [4.78, 5) is 12.9. The van der Waals surface area contributed by atoms with Crippen LogP contribution in [-0.4, -0.2) is 37.2 Å². The van der Waals surface area contributed by atoms with E-state index < -0.39 is 75.2 Å². The maximum Gasteiger partial charge on any atom is 0.416 e. The van der Waals surface area contributed by atoms with E-state index in [1.807, 2.05) is 0 Å². The third-order valence-electron chi connectivity index (χ3n) is 7.61. The molecular weight excluding hydrogens is 619 g/mol. The summed E-state index contributed by atoms with van der Waals surface area (Å²) in [6, 6.07) is 1.23. The van der Waals surface area contributed by atoms with E-state index >= 15 is 0 Å². The molecule has 1 fully saturated rings. The summed E-state index contributed by atoms with van der Waals surface area (Å²) in [5.41, 5.74) is -6.65. The van der Waals surface area contributed by atoms with E-state index in [2.05, 4.69) is 0 Å². The zero-order chi connectivity index (χ0) is 32.3. The number of carbonyl (C=O) groups excluding carboxylic acids is 1. The Morgan fingerprint density at radius 2 is 1.42 bits per heavy atom. The number of halogens is 9. The fraction of sp³-hybridized carbons (Fsp3) is 0.519. The van der Waals surface area contributed by atoms with Gasteiger partial charge in [0.05, 0.1) is 29.0 Å². The molecule has 6 nitrogen and oxygen atoms in total. The van der Waals surface area contributed by atoms with Crippen LogP contribution in [-0.2, 0) is 44.6 Å². The summed E-state index contributed by atoms with van der Waals surface area (Å²) in [5, 5.41) is 0. The van der Waals surface area contributed by atoms with Crippen LogP contribution in [0.5, 0.6) is 0 Å². The minimum absolute atomic E-state index is 0.0849. The Labute approximate surface area is 241 Å². The molecule has 0 N–H and O–H groups in total. The first-order valence-corrected chi connectivity index (χ1v) is 14.8. The first kappa shape index (κ1) is 32.9. The Balaban J connectivity index is 1.93. The third kappa shape index (κ3) is 7.05. The lowest BCUT2D eigenvalue weighted by atomic mass is 9.85. The van der Waals surface area contributed by atoms with E-state index in [9.17, 15) is 52.7 Å². The smallest absolute Gasteiger partial charge is 0.416 e. The molecule has 0 radical (unpaired) electrons. The van der Waals surface area contributed by atoms with Crippen LogP contribution in [0.3, 0.4) is 0 Å². The number of ether oxygens (including phenoxy) is 1. The van der Waals surface area contributed by atoms with Gasteiger partial charge in [0.15, 0.2) is 5.72 Å². The Hall–Kier alpha value is -3.01. The van der Waals surface area contributed by atoms with Gasteiger partial charge in [-0.1, -0.05) is 0 Å². The third-order valence-corrected chi connectivity index (χ3v) is 8.85. The maximum atomic E-state index is 13.8. The molecule has 1 aliphatic carbocycles. The van der Waals surface area contributed by atoms with Crippen LogP contribution in [0.4, 0.5) is 45.2 Å². The molecular formula is C27H27F9N2O4S. The number of rotatable bonds is 8. The van der Waals surface area contributed by atoms with Gasteiger partial charge in [0, 0.05) is 18.3 Å². The number of anilines is 1. The fourth-order valence-electron chi connectivity index (χ4n) is 5.63. The van der Waals surface area contributed by atoms with Gasteiger partial charge in [-0.15, -0.1) is 0 Å². The van der Waals surface area contributed by atoms with Crippen LogP contribution in [0, 0.1) is 5.92 Å². The van der Waals surface area contributed by atoms with E-state index in [1.54, 1.807) is 4.90 Å². The summed E-state index contributed by atoms with van der Waals surface area (Å²) in [7, 11) is -4.46. The molecule has 2 aliphatic rings. The summed E-state index contributed by atoms with van der Waals surface area (Å²) in [6.45, 7) is 2.16. The number of carbonyl (C=O) groups is 1. The first-order chi connectivity index (χ1) is 19.5. The number of sulfonamides is 1. The van der Waals surface area contributed by atoms with E-state index in [0.29, 0.717) is 41.6 Å². The minimum atomic E-state index is -5.20. The minimum Gasteiger partial charge on any atom is -0.442 e. The van der Waals surface area contributed by atoms with Crippen molar-refractivity contribution in [2.24, 2.45) is 5.92 Å². The molecule has 0 saturated heterocycles. The van der Waals surface area contributed by atoms with Crippen LogP contribution in [0.1, 0.15) is 67.0 Å². The molecule has 2 aromatic rings. The van der Waals surface area contributed by atoms with Gasteiger partial charge in [0.2, 0.25) is 10.0 Å². The van der Waals surface area contributed by atoms with Crippen LogP contribution in [0.25, 0.3) is 0 Å². The zero-order valence-electron chi connectivity index (χ0n) is 22.9. The molecule has 0 amide bonds. The van der Waals surface area contributed by atoms with Crippen molar-refractivity contribution in [2.45, 2.75) is 76.0 Å². The highest BCUT2D eigenvalue weighted by atomic mass is 32.2. The standard InChI is InChI=1S/C27H27F9N2O4S/c1-24(2,42-14-39)38-21-7-6-17(25(28,29)30)11-20(21)23(12-22(38)16-4-5-16)37(43(3,40)41)13-15-8-18(26(31,32)33)10-19(9-15)27(34,35)36/h6-11,14,16,22-23H,4-5,12-13H2,1-3H3. The van der Waals surface area contributed by atoms with E-state index in [4.69, 9.17) is 4.74 Å².